The van der Waals surface area contributed by atoms with E-state index >= 15 is 0 Å². The highest BCUT2D eigenvalue weighted by Crippen LogP contribution is 2.26. The number of amides is 3. The number of hydrogen-bond donors (Lipinski definition) is 4. The maximum Gasteiger partial charge on any atom is 0.280 e. The summed E-state index contributed by atoms with van der Waals surface area (Å²) < 4.78 is 0. The number of aromatic nitrogens is 2. The van der Waals surface area contributed by atoms with Gasteiger partial charge in [0.1, 0.15) is 5.69 Å². The van der Waals surface area contributed by atoms with Crippen molar-refractivity contribution >= 4 is 40.0 Å². The number of carbonyl (C=O) groups excluding carboxylic acids is 3. The molecule has 2 atom stereocenters. The molecule has 0 radical (unpaired) electrons. The average Bonchev–Trinajstić information content (AvgIpc) is 3.49. The zero-order valence-electron chi connectivity index (χ0n) is 21.4. The van der Waals surface area contributed by atoms with E-state index < -0.39 is 0 Å². The summed E-state index contributed by atoms with van der Waals surface area (Å²) in [4.78, 5) is 48.6. The van der Waals surface area contributed by atoms with Gasteiger partial charge >= 0.3 is 0 Å². The molecule has 3 aromatic rings. The van der Waals surface area contributed by atoms with Gasteiger partial charge in [0.05, 0.1) is 5.69 Å². The number of hydrogen-bond acceptors (Lipinski definition) is 6. The van der Waals surface area contributed by atoms with E-state index in [0.29, 0.717) is 17.2 Å². The van der Waals surface area contributed by atoms with Crippen LogP contribution in [0.2, 0.25) is 0 Å². The molecule has 1 fully saturated rings. The van der Waals surface area contributed by atoms with Crippen LogP contribution >= 0.6 is 11.3 Å². The molecular formula is C27H34N6O3S. The van der Waals surface area contributed by atoms with Gasteiger partial charge in [0.15, 0.2) is 5.01 Å². The highest BCUT2D eigenvalue weighted by molar-refractivity contribution is 7.13. The molecule has 0 spiro atoms. The van der Waals surface area contributed by atoms with Gasteiger partial charge in [-0.1, -0.05) is 24.5 Å². The lowest BCUT2D eigenvalue weighted by Gasteiger charge is -2.32. The van der Waals surface area contributed by atoms with Crippen molar-refractivity contribution in [2.24, 2.45) is 0 Å². The van der Waals surface area contributed by atoms with Crippen LogP contribution in [0.5, 0.6) is 0 Å². The number of nitrogens with one attached hydrogen (secondary N) is 4. The van der Waals surface area contributed by atoms with E-state index in [2.05, 4.69) is 36.9 Å². The molecule has 1 saturated carbocycles. The molecule has 1 aromatic carbocycles. The minimum atomic E-state index is -0.170. The van der Waals surface area contributed by atoms with Crippen molar-refractivity contribution < 1.29 is 14.4 Å². The van der Waals surface area contributed by atoms with Gasteiger partial charge in [-0.25, -0.2) is 4.98 Å². The number of aryl methyl sites for hydroxylation is 1. The average molecular weight is 523 g/mol. The molecule has 3 heterocycles. The number of nitrogens with zero attached hydrogens (tertiary/aromatic N) is 2. The summed E-state index contributed by atoms with van der Waals surface area (Å²) in [5.74, 6) is -0.344. The van der Waals surface area contributed by atoms with Crippen LogP contribution in [-0.2, 0) is 17.8 Å². The van der Waals surface area contributed by atoms with Gasteiger partial charge in [0, 0.05) is 67.4 Å². The van der Waals surface area contributed by atoms with Crippen LogP contribution in [0.15, 0.2) is 24.3 Å². The van der Waals surface area contributed by atoms with E-state index in [9.17, 15) is 14.4 Å². The molecule has 4 N–H and O–H groups in total. The summed E-state index contributed by atoms with van der Waals surface area (Å²) in [5.41, 5.74) is 3.61. The second-order valence-electron chi connectivity index (χ2n) is 10.1. The second-order valence-corrected chi connectivity index (χ2v) is 11.2. The maximum absolute atomic E-state index is 13.2. The van der Waals surface area contributed by atoms with Crippen LogP contribution in [0.25, 0.3) is 10.9 Å². The Balaban J connectivity index is 1.20. The third-order valence-electron chi connectivity index (χ3n) is 7.23. The van der Waals surface area contributed by atoms with Gasteiger partial charge in [-0.2, -0.15) is 0 Å². The van der Waals surface area contributed by atoms with E-state index in [1.807, 2.05) is 25.1 Å². The number of carbonyl (C=O) groups is 3. The van der Waals surface area contributed by atoms with Crippen LogP contribution < -0.4 is 16.0 Å². The normalized spacial score (nSPS) is 19.8. The largest absolute Gasteiger partial charge is 0.355 e. The Hall–Kier alpha value is -3.24. The third-order valence-corrected chi connectivity index (χ3v) is 8.31. The molecule has 5 rings (SSSR count). The molecule has 0 bridgehead atoms. The molecule has 1 aliphatic heterocycles. The smallest absolute Gasteiger partial charge is 0.280 e. The fourth-order valence-corrected chi connectivity index (χ4v) is 6.31. The fourth-order valence-electron chi connectivity index (χ4n) is 5.25. The van der Waals surface area contributed by atoms with Gasteiger partial charge in [-0.15, -0.1) is 11.3 Å². The van der Waals surface area contributed by atoms with Crippen molar-refractivity contribution in [1.82, 2.24) is 30.8 Å². The quantitative estimate of drug-likeness (QED) is 0.381. The van der Waals surface area contributed by atoms with E-state index in [1.54, 1.807) is 0 Å². The lowest BCUT2D eigenvalue weighted by atomic mass is 9.90. The molecule has 196 valence electrons. The predicted molar refractivity (Wildman–Crippen MR) is 144 cm³/mol. The highest BCUT2D eigenvalue weighted by atomic mass is 32.1. The Bertz CT molecular complexity index is 1310. The second kappa shape index (κ2) is 11.0. The van der Waals surface area contributed by atoms with E-state index in [0.717, 1.165) is 78.8 Å². The molecule has 2 aliphatic rings. The fraction of sp³-hybridized carbons (Fsp3) is 0.481. The summed E-state index contributed by atoms with van der Waals surface area (Å²) in [7, 11) is 0. The third kappa shape index (κ3) is 6.02. The Morgan fingerprint density at radius 3 is 2.62 bits per heavy atom. The first-order chi connectivity index (χ1) is 17.9. The number of rotatable bonds is 7. The van der Waals surface area contributed by atoms with Crippen LogP contribution in [0.4, 0.5) is 0 Å². The van der Waals surface area contributed by atoms with Crippen molar-refractivity contribution in [3.8, 4) is 0 Å². The molecule has 2 aromatic heterocycles. The van der Waals surface area contributed by atoms with E-state index in [1.165, 1.54) is 18.3 Å². The number of fused-ring (bicyclic) bond motifs is 2. The van der Waals surface area contributed by atoms with E-state index in [-0.39, 0.29) is 29.8 Å². The summed E-state index contributed by atoms with van der Waals surface area (Å²) in [6, 6.07) is 7.69. The van der Waals surface area contributed by atoms with Crippen LogP contribution in [0.3, 0.4) is 0 Å². The molecule has 1 aliphatic carbocycles. The molecule has 37 heavy (non-hydrogen) atoms. The minimum Gasteiger partial charge on any atom is -0.355 e. The summed E-state index contributed by atoms with van der Waals surface area (Å²) in [6.07, 6.45) is 4.48. The van der Waals surface area contributed by atoms with Gasteiger partial charge < -0.3 is 20.9 Å². The highest BCUT2D eigenvalue weighted by Gasteiger charge is 2.30. The first-order valence-corrected chi connectivity index (χ1v) is 13.8. The summed E-state index contributed by atoms with van der Waals surface area (Å²) in [6.45, 7) is 6.55. The standard InChI is InChI=1S/C27H34N6O3S/c1-16-7-8-19-18(13-16)14-23(29-19)25(35)30-20-5-3-4-6-21(20)31-26(36)27-32-22-9-11-33(15-24(22)37-27)12-10-28-17(2)34/h7-8,13-14,20-21,29H,3-6,9-12,15H2,1-2H3,(H,28,34)(H,30,35)(H,31,36)/t20-,21+/m0/s1. The first-order valence-electron chi connectivity index (χ1n) is 13.0. The summed E-state index contributed by atoms with van der Waals surface area (Å²) >= 11 is 1.45. The Morgan fingerprint density at radius 2 is 1.86 bits per heavy atom. The van der Waals surface area contributed by atoms with Crippen LogP contribution in [-0.4, -0.2) is 64.3 Å². The minimum absolute atomic E-state index is 0.0249. The molecular weight excluding hydrogens is 488 g/mol. The lowest BCUT2D eigenvalue weighted by molar-refractivity contribution is -0.119. The Kier molecular flexibility index (Phi) is 7.57. The van der Waals surface area contributed by atoms with Gasteiger partial charge in [-0.05, 0) is 38.0 Å². The number of thiazole rings is 1. The topological polar surface area (TPSA) is 119 Å². The molecule has 9 nitrogen and oxygen atoms in total. The first kappa shape index (κ1) is 25.4. The number of benzene rings is 1. The van der Waals surface area contributed by atoms with Crippen LogP contribution in [0.1, 0.15) is 69.0 Å². The summed E-state index contributed by atoms with van der Waals surface area (Å²) in [5, 5.41) is 10.7. The number of aromatic amines is 1. The van der Waals surface area contributed by atoms with Crippen molar-refractivity contribution in [2.75, 3.05) is 19.6 Å². The monoisotopic (exact) mass is 522 g/mol. The molecule has 3 amide bonds. The Morgan fingerprint density at radius 1 is 1.11 bits per heavy atom. The molecule has 10 heteroatoms. The van der Waals surface area contributed by atoms with Crippen LogP contribution in [0, 0.1) is 6.92 Å². The maximum atomic E-state index is 13.2. The van der Waals surface area contributed by atoms with Gasteiger partial charge in [-0.3, -0.25) is 19.3 Å². The molecule has 0 unspecified atom stereocenters. The lowest BCUT2D eigenvalue weighted by Crippen LogP contribution is -2.53. The van der Waals surface area contributed by atoms with E-state index in [4.69, 9.17) is 0 Å². The Labute approximate surface area is 220 Å². The van der Waals surface area contributed by atoms with Gasteiger partial charge in [0.2, 0.25) is 5.91 Å². The molecule has 0 saturated heterocycles. The van der Waals surface area contributed by atoms with Crippen molar-refractivity contribution in [3.63, 3.8) is 0 Å². The van der Waals surface area contributed by atoms with Crippen molar-refractivity contribution in [3.05, 3.63) is 51.1 Å². The zero-order valence-corrected chi connectivity index (χ0v) is 22.2. The number of H-pyrrole nitrogens is 1. The van der Waals surface area contributed by atoms with Crippen molar-refractivity contribution in [2.45, 2.75) is 64.6 Å². The SMILES string of the molecule is CC(=O)NCCN1CCc2nc(C(=O)N[C@@H]3CCCC[C@@H]3NC(=O)c3cc4cc(C)ccc4[nH]3)sc2C1. The van der Waals surface area contributed by atoms with Gasteiger partial charge in [0.25, 0.3) is 11.8 Å². The zero-order chi connectivity index (χ0) is 25.9. The van der Waals surface area contributed by atoms with Crippen molar-refractivity contribution in [1.29, 1.82) is 0 Å². The predicted octanol–water partition coefficient (Wildman–Crippen LogP) is 2.90.